The summed E-state index contributed by atoms with van der Waals surface area (Å²) in [5, 5.41) is 0. The monoisotopic (exact) mass is 446 g/mol. The van der Waals surface area contributed by atoms with Crippen molar-refractivity contribution >= 4 is 33.8 Å². The quantitative estimate of drug-likeness (QED) is 0.403. The van der Waals surface area contributed by atoms with Gasteiger partial charge in [-0.2, -0.15) is 0 Å². The highest BCUT2D eigenvalue weighted by Crippen LogP contribution is 2.38. The Balaban J connectivity index is 1.63. The maximum atomic E-state index is 12.7. The lowest BCUT2D eigenvalue weighted by atomic mass is 10.1. The summed E-state index contributed by atoms with van der Waals surface area (Å²) in [5.41, 5.74) is 1.98. The molecule has 0 spiro atoms. The minimum Gasteiger partial charge on any atom is -0.467 e. The maximum absolute atomic E-state index is 12.7. The highest BCUT2D eigenvalue weighted by molar-refractivity contribution is 9.10. The first-order valence-electron chi connectivity index (χ1n) is 8.36. The number of halogens is 1. The minimum atomic E-state index is -0.539. The van der Waals surface area contributed by atoms with Crippen molar-refractivity contribution in [3.63, 3.8) is 0 Å². The zero-order valence-corrected chi connectivity index (χ0v) is 16.4. The third-order valence-corrected chi connectivity index (χ3v) is 4.58. The Kier molecular flexibility index (Phi) is 5.17. The summed E-state index contributed by atoms with van der Waals surface area (Å²) in [6.07, 6.45) is 1.63. The Morgan fingerprint density at radius 3 is 2.96 bits per heavy atom. The zero-order valence-electron chi connectivity index (χ0n) is 14.8. The van der Waals surface area contributed by atoms with Gasteiger partial charge in [0.15, 0.2) is 12.6 Å². The number of rotatable bonds is 4. The van der Waals surface area contributed by atoms with Gasteiger partial charge in [0.05, 0.1) is 12.2 Å². The number of Topliss-reactive ketones (excluding diaryl/α,β-unsaturated/α-hetero) is 1. The van der Waals surface area contributed by atoms with E-state index in [0.29, 0.717) is 29.2 Å². The zero-order chi connectivity index (χ0) is 19.7. The fraction of sp³-hybridized carbons (Fsp3) is 0.200. The first kappa shape index (κ1) is 18.7. The van der Waals surface area contributed by atoms with E-state index in [9.17, 15) is 9.59 Å². The molecule has 0 saturated heterocycles. The Morgan fingerprint density at radius 1 is 1.29 bits per heavy atom. The van der Waals surface area contributed by atoms with Crippen molar-refractivity contribution in [2.45, 2.75) is 6.61 Å². The molecule has 0 aliphatic carbocycles. The van der Waals surface area contributed by atoms with Gasteiger partial charge in [-0.3, -0.25) is 4.79 Å². The van der Waals surface area contributed by atoms with Gasteiger partial charge in [0.25, 0.3) is 0 Å². The lowest BCUT2D eigenvalue weighted by Crippen LogP contribution is -2.14. The summed E-state index contributed by atoms with van der Waals surface area (Å²) >= 11 is 3.45. The number of hydrogen-bond acceptors (Lipinski definition) is 7. The van der Waals surface area contributed by atoms with Crippen LogP contribution in [-0.2, 0) is 20.9 Å². The van der Waals surface area contributed by atoms with E-state index < -0.39 is 5.97 Å². The molecule has 2 aromatic carbocycles. The summed E-state index contributed by atoms with van der Waals surface area (Å²) in [7, 11) is 1.40. The molecule has 7 nitrogen and oxygen atoms in total. The standard InChI is InChI=1S/C20H15BrO7/c1-24-9-18(22)27-14-2-3-15-16(7-14)28-17(19(15)23)6-11-4-13(21)5-12-8-25-10-26-20(11)12/h2-7H,8-10H2,1H3/b17-6-. The van der Waals surface area contributed by atoms with Gasteiger partial charge in [0, 0.05) is 28.8 Å². The Hall–Kier alpha value is -2.68. The van der Waals surface area contributed by atoms with Crippen LogP contribution in [0.4, 0.5) is 0 Å². The number of ketones is 1. The molecular weight excluding hydrogens is 432 g/mol. The van der Waals surface area contributed by atoms with Crippen LogP contribution in [-0.4, -0.2) is 32.3 Å². The number of carbonyl (C=O) groups is 2. The van der Waals surface area contributed by atoms with E-state index in [1.165, 1.54) is 19.2 Å². The second kappa shape index (κ2) is 7.75. The van der Waals surface area contributed by atoms with Crippen LogP contribution in [0.3, 0.4) is 0 Å². The molecule has 2 aromatic rings. The average Bonchev–Trinajstić information content (AvgIpc) is 2.97. The summed E-state index contributed by atoms with van der Waals surface area (Å²) < 4.78 is 27.3. The third kappa shape index (κ3) is 3.66. The molecule has 8 heteroatoms. The molecule has 0 fully saturated rings. The summed E-state index contributed by atoms with van der Waals surface area (Å²) in [6.45, 7) is 0.409. The highest BCUT2D eigenvalue weighted by atomic mass is 79.9. The van der Waals surface area contributed by atoms with E-state index in [0.717, 1.165) is 10.0 Å². The Bertz CT molecular complexity index is 996. The number of allylic oxidation sites excluding steroid dienone is 1. The molecule has 0 atom stereocenters. The van der Waals surface area contributed by atoms with Crippen molar-refractivity contribution in [2.75, 3.05) is 20.5 Å². The van der Waals surface area contributed by atoms with Crippen molar-refractivity contribution in [1.29, 1.82) is 0 Å². The fourth-order valence-corrected chi connectivity index (χ4v) is 3.49. The minimum absolute atomic E-state index is 0.149. The lowest BCUT2D eigenvalue weighted by molar-refractivity contribution is -0.138. The molecule has 0 amide bonds. The van der Waals surface area contributed by atoms with Gasteiger partial charge in [-0.1, -0.05) is 15.9 Å². The van der Waals surface area contributed by atoms with Crippen LogP contribution < -0.4 is 14.2 Å². The maximum Gasteiger partial charge on any atom is 0.337 e. The molecule has 0 N–H and O–H groups in total. The molecule has 2 aliphatic heterocycles. The van der Waals surface area contributed by atoms with Crippen LogP contribution >= 0.6 is 15.9 Å². The highest BCUT2D eigenvalue weighted by Gasteiger charge is 2.29. The van der Waals surface area contributed by atoms with Crippen LogP contribution in [0.2, 0.25) is 0 Å². The second-order valence-corrected chi connectivity index (χ2v) is 7.01. The summed E-state index contributed by atoms with van der Waals surface area (Å²) in [4.78, 5) is 24.2. The van der Waals surface area contributed by atoms with E-state index in [1.807, 2.05) is 12.1 Å². The fourth-order valence-electron chi connectivity index (χ4n) is 2.97. The predicted molar refractivity (Wildman–Crippen MR) is 101 cm³/mol. The van der Waals surface area contributed by atoms with Gasteiger partial charge in [0.1, 0.15) is 23.9 Å². The van der Waals surface area contributed by atoms with Crippen molar-refractivity contribution < 1.29 is 33.3 Å². The molecule has 28 heavy (non-hydrogen) atoms. The molecule has 4 rings (SSSR count). The number of esters is 1. The van der Waals surface area contributed by atoms with Crippen LogP contribution in [0, 0.1) is 0 Å². The summed E-state index contributed by atoms with van der Waals surface area (Å²) in [5.74, 6) is 0.615. The molecule has 2 aliphatic rings. The molecule has 2 heterocycles. The average molecular weight is 447 g/mol. The van der Waals surface area contributed by atoms with Crippen LogP contribution in [0.15, 0.2) is 40.6 Å². The van der Waals surface area contributed by atoms with Gasteiger partial charge >= 0.3 is 5.97 Å². The topological polar surface area (TPSA) is 80.3 Å². The van der Waals surface area contributed by atoms with Gasteiger partial charge in [-0.25, -0.2) is 4.79 Å². The van der Waals surface area contributed by atoms with E-state index in [4.69, 9.17) is 23.7 Å². The van der Waals surface area contributed by atoms with E-state index >= 15 is 0 Å². The molecule has 0 unspecified atom stereocenters. The summed E-state index contributed by atoms with van der Waals surface area (Å²) in [6, 6.07) is 8.35. The van der Waals surface area contributed by atoms with Gasteiger partial charge < -0.3 is 23.7 Å². The van der Waals surface area contributed by atoms with Crippen molar-refractivity contribution in [3.8, 4) is 17.2 Å². The normalized spacial score (nSPS) is 16.2. The second-order valence-electron chi connectivity index (χ2n) is 6.10. The number of carbonyl (C=O) groups excluding carboxylic acids is 2. The largest absolute Gasteiger partial charge is 0.467 e. The Labute approximate surface area is 168 Å². The number of ether oxygens (including phenoxy) is 5. The van der Waals surface area contributed by atoms with E-state index in [1.54, 1.807) is 12.1 Å². The lowest BCUT2D eigenvalue weighted by Gasteiger charge is -2.20. The molecule has 0 bridgehead atoms. The van der Waals surface area contributed by atoms with Gasteiger partial charge in [-0.15, -0.1) is 0 Å². The van der Waals surface area contributed by atoms with Crippen molar-refractivity contribution in [1.82, 2.24) is 0 Å². The third-order valence-electron chi connectivity index (χ3n) is 4.13. The number of hydrogen-bond donors (Lipinski definition) is 0. The SMILES string of the molecule is COCC(=O)Oc1ccc2c(c1)O/C(=C\c1cc(Br)cc3c1OCOC3)C2=O. The van der Waals surface area contributed by atoms with Gasteiger partial charge in [0.2, 0.25) is 5.78 Å². The van der Waals surface area contributed by atoms with Crippen LogP contribution in [0.25, 0.3) is 6.08 Å². The molecule has 144 valence electrons. The number of benzene rings is 2. The number of fused-ring (bicyclic) bond motifs is 2. The first-order valence-corrected chi connectivity index (χ1v) is 9.15. The van der Waals surface area contributed by atoms with E-state index in [2.05, 4.69) is 15.9 Å². The van der Waals surface area contributed by atoms with Crippen LogP contribution in [0.1, 0.15) is 21.5 Å². The van der Waals surface area contributed by atoms with E-state index in [-0.39, 0.29) is 30.7 Å². The van der Waals surface area contributed by atoms with Crippen molar-refractivity contribution in [2.24, 2.45) is 0 Å². The number of methoxy groups -OCH3 is 1. The predicted octanol–water partition coefficient (Wildman–Crippen LogP) is 3.48. The van der Waals surface area contributed by atoms with Crippen molar-refractivity contribution in [3.05, 3.63) is 57.3 Å². The van der Waals surface area contributed by atoms with Crippen LogP contribution in [0.5, 0.6) is 17.2 Å². The smallest absolute Gasteiger partial charge is 0.337 e. The molecule has 0 aromatic heterocycles. The molecular formula is C20H15BrO7. The van der Waals surface area contributed by atoms with Gasteiger partial charge in [-0.05, 0) is 30.3 Å². The Morgan fingerprint density at radius 2 is 2.14 bits per heavy atom. The first-order chi connectivity index (χ1) is 13.5. The molecule has 0 radical (unpaired) electrons. The molecule has 0 saturated carbocycles.